The summed E-state index contributed by atoms with van der Waals surface area (Å²) in [7, 11) is 2.06. The van der Waals surface area contributed by atoms with Crippen LogP contribution in [-0.2, 0) is 0 Å². The smallest absolute Gasteiger partial charge is 0.306 e. The van der Waals surface area contributed by atoms with Crippen molar-refractivity contribution in [2.24, 2.45) is 11.8 Å². The number of halogens is 3. The average molecular weight is 231 g/mol. The van der Waals surface area contributed by atoms with Gasteiger partial charge >= 0.3 is 6.18 Å². The first kappa shape index (κ1) is 11.7. The van der Waals surface area contributed by atoms with Crippen LogP contribution in [0.25, 0.3) is 0 Å². The van der Waals surface area contributed by atoms with Crippen molar-refractivity contribution >= 4 is 0 Å². The first-order chi connectivity index (χ1) is 7.47. The third-order valence-corrected chi connectivity index (χ3v) is 3.49. The number of alkyl halides is 3. The maximum absolute atomic E-state index is 12.4. The molecule has 0 aromatic heterocycles. The normalized spacial score (nSPS) is 31.9. The van der Waals surface area contributed by atoms with Gasteiger partial charge in [-0.2, -0.15) is 13.2 Å². The molecule has 1 aliphatic heterocycles. The Balaban J connectivity index is 1.96. The van der Waals surface area contributed by atoms with E-state index in [-0.39, 0.29) is 5.92 Å². The van der Waals surface area contributed by atoms with Crippen LogP contribution >= 0.6 is 0 Å². The summed E-state index contributed by atoms with van der Waals surface area (Å²) in [4.78, 5) is 2.24. The maximum Gasteiger partial charge on any atom is 0.416 e. The molecule has 1 heterocycles. The van der Waals surface area contributed by atoms with E-state index >= 15 is 0 Å². The van der Waals surface area contributed by atoms with Crippen molar-refractivity contribution in [3.63, 3.8) is 0 Å². The number of likely N-dealkylation sites (tertiary alicyclic amines) is 1. The molecule has 0 spiro atoms. The second kappa shape index (κ2) is 4.24. The van der Waals surface area contributed by atoms with Crippen LogP contribution in [0.3, 0.4) is 0 Å². The van der Waals surface area contributed by atoms with Gasteiger partial charge in [-0.3, -0.25) is 0 Å². The number of hydrogen-bond acceptors (Lipinski definition) is 1. The van der Waals surface area contributed by atoms with Crippen molar-refractivity contribution in [2.45, 2.75) is 19.0 Å². The minimum Gasteiger partial charge on any atom is -0.306 e. The molecule has 1 nitrogen and oxygen atoms in total. The molecule has 2 atom stereocenters. The number of hydrogen-bond donors (Lipinski definition) is 0. The van der Waals surface area contributed by atoms with Crippen molar-refractivity contribution in [3.05, 3.63) is 23.8 Å². The Morgan fingerprint density at radius 2 is 2.12 bits per heavy atom. The zero-order valence-corrected chi connectivity index (χ0v) is 9.30. The molecule has 0 aromatic rings. The van der Waals surface area contributed by atoms with Gasteiger partial charge in [-0.05, 0) is 38.3 Å². The molecule has 2 unspecified atom stereocenters. The lowest BCUT2D eigenvalue weighted by Gasteiger charge is -2.23. The fraction of sp³-hybridized carbons (Fsp3) is 0.667. The molecule has 0 bridgehead atoms. The molecule has 0 N–H and O–H groups in total. The van der Waals surface area contributed by atoms with Crippen molar-refractivity contribution in [1.82, 2.24) is 4.90 Å². The summed E-state index contributed by atoms with van der Waals surface area (Å²) in [5.41, 5.74) is -0.491. The minimum atomic E-state index is -4.19. The van der Waals surface area contributed by atoms with Gasteiger partial charge in [0.05, 0.1) is 5.57 Å². The first-order valence-corrected chi connectivity index (χ1v) is 5.61. The first-order valence-electron chi connectivity index (χ1n) is 5.61. The minimum absolute atomic E-state index is 0.288. The van der Waals surface area contributed by atoms with E-state index in [2.05, 4.69) is 11.9 Å². The van der Waals surface area contributed by atoms with Crippen molar-refractivity contribution in [2.75, 3.05) is 20.1 Å². The zero-order chi connectivity index (χ0) is 11.8. The number of rotatable bonds is 1. The molecule has 1 saturated heterocycles. The summed E-state index contributed by atoms with van der Waals surface area (Å²) in [5, 5.41) is 0. The highest BCUT2D eigenvalue weighted by atomic mass is 19.4. The van der Waals surface area contributed by atoms with Gasteiger partial charge in [0.1, 0.15) is 0 Å². The van der Waals surface area contributed by atoms with E-state index < -0.39 is 11.7 Å². The molecule has 16 heavy (non-hydrogen) atoms. The molecule has 0 saturated carbocycles. The van der Waals surface area contributed by atoms with Gasteiger partial charge in [-0.1, -0.05) is 18.2 Å². The number of allylic oxidation sites excluding steroid dienone is 4. The highest BCUT2D eigenvalue weighted by Crippen LogP contribution is 2.35. The third-order valence-electron chi connectivity index (χ3n) is 3.49. The largest absolute Gasteiger partial charge is 0.416 e. The fourth-order valence-electron chi connectivity index (χ4n) is 2.52. The van der Waals surface area contributed by atoms with Crippen LogP contribution in [0.4, 0.5) is 13.2 Å². The van der Waals surface area contributed by atoms with E-state index in [1.165, 1.54) is 12.2 Å². The summed E-state index contributed by atoms with van der Waals surface area (Å²) < 4.78 is 37.1. The molecule has 0 amide bonds. The molecule has 0 aromatic carbocycles. The van der Waals surface area contributed by atoms with Crippen molar-refractivity contribution in [1.29, 1.82) is 0 Å². The predicted molar refractivity (Wildman–Crippen MR) is 57.0 cm³/mol. The Morgan fingerprint density at radius 1 is 1.38 bits per heavy atom. The summed E-state index contributed by atoms with van der Waals surface area (Å²) in [6, 6.07) is 0. The van der Waals surface area contributed by atoms with E-state index in [0.717, 1.165) is 19.5 Å². The van der Waals surface area contributed by atoms with Gasteiger partial charge in [-0.25, -0.2) is 0 Å². The third kappa shape index (κ3) is 2.48. The van der Waals surface area contributed by atoms with Crippen LogP contribution in [0.15, 0.2) is 23.8 Å². The van der Waals surface area contributed by atoms with Crippen LogP contribution < -0.4 is 0 Å². The lowest BCUT2D eigenvalue weighted by atomic mass is 9.85. The second-order valence-electron chi connectivity index (χ2n) is 4.73. The van der Waals surface area contributed by atoms with E-state index in [0.29, 0.717) is 12.3 Å². The Bertz CT molecular complexity index is 317. The van der Waals surface area contributed by atoms with E-state index in [9.17, 15) is 13.2 Å². The van der Waals surface area contributed by atoms with Gasteiger partial charge < -0.3 is 4.90 Å². The van der Waals surface area contributed by atoms with Gasteiger partial charge in [0.2, 0.25) is 0 Å². The van der Waals surface area contributed by atoms with Crippen LogP contribution in [-0.4, -0.2) is 31.2 Å². The van der Waals surface area contributed by atoms with Crippen LogP contribution in [0, 0.1) is 11.8 Å². The van der Waals surface area contributed by atoms with Gasteiger partial charge in [-0.15, -0.1) is 0 Å². The van der Waals surface area contributed by atoms with Gasteiger partial charge in [0.25, 0.3) is 0 Å². The average Bonchev–Trinajstić information content (AvgIpc) is 2.64. The van der Waals surface area contributed by atoms with E-state index in [1.54, 1.807) is 6.08 Å². The maximum atomic E-state index is 12.4. The standard InChI is InChI=1S/C12H16F3N/c1-16-7-6-10(8-16)9-2-4-11(5-3-9)12(13,14)15/h2,4-5,9-10H,3,6-8H2,1H3. The molecule has 4 heteroatoms. The molecule has 0 radical (unpaired) electrons. The number of nitrogens with zero attached hydrogens (tertiary/aromatic N) is 1. The predicted octanol–water partition coefficient (Wildman–Crippen LogP) is 3.00. The SMILES string of the molecule is CN1CCC(C2C=CC(C(F)(F)F)=CC2)C1. The van der Waals surface area contributed by atoms with E-state index in [1.807, 2.05) is 0 Å². The molecular weight excluding hydrogens is 215 g/mol. The quantitative estimate of drug-likeness (QED) is 0.670. The second-order valence-corrected chi connectivity index (χ2v) is 4.73. The zero-order valence-electron chi connectivity index (χ0n) is 9.30. The topological polar surface area (TPSA) is 3.24 Å². The summed E-state index contributed by atoms with van der Waals surface area (Å²) >= 11 is 0. The highest BCUT2D eigenvalue weighted by Gasteiger charge is 2.34. The van der Waals surface area contributed by atoms with Crippen LogP contribution in [0.2, 0.25) is 0 Å². The molecule has 2 aliphatic rings. The Morgan fingerprint density at radius 3 is 2.56 bits per heavy atom. The van der Waals surface area contributed by atoms with Crippen molar-refractivity contribution in [3.8, 4) is 0 Å². The summed E-state index contributed by atoms with van der Waals surface area (Å²) in [6.07, 6.45) is 1.76. The monoisotopic (exact) mass is 231 g/mol. The van der Waals surface area contributed by atoms with Crippen LogP contribution in [0.1, 0.15) is 12.8 Å². The highest BCUT2D eigenvalue weighted by molar-refractivity contribution is 5.28. The molecule has 2 rings (SSSR count). The Hall–Kier alpha value is -0.770. The Labute approximate surface area is 93.6 Å². The summed E-state index contributed by atoms with van der Waals surface area (Å²) in [6.45, 7) is 2.06. The fourth-order valence-corrected chi connectivity index (χ4v) is 2.52. The Kier molecular flexibility index (Phi) is 3.10. The van der Waals surface area contributed by atoms with Gasteiger partial charge in [0.15, 0.2) is 0 Å². The van der Waals surface area contributed by atoms with Gasteiger partial charge in [0, 0.05) is 6.54 Å². The summed E-state index contributed by atoms with van der Waals surface area (Å²) in [5.74, 6) is 0.809. The molecule has 1 aliphatic carbocycles. The lowest BCUT2D eigenvalue weighted by Crippen LogP contribution is -2.21. The van der Waals surface area contributed by atoms with Crippen LogP contribution in [0.5, 0.6) is 0 Å². The molecule has 1 fully saturated rings. The lowest BCUT2D eigenvalue weighted by molar-refractivity contribution is -0.0887. The van der Waals surface area contributed by atoms with E-state index in [4.69, 9.17) is 0 Å². The molecular formula is C12H16F3N. The molecule has 90 valence electrons. The van der Waals surface area contributed by atoms with Crippen molar-refractivity contribution < 1.29 is 13.2 Å².